The van der Waals surface area contributed by atoms with E-state index in [1.807, 2.05) is 13.0 Å². The number of benzene rings is 1. The van der Waals surface area contributed by atoms with Gasteiger partial charge >= 0.3 is 0 Å². The molecule has 0 unspecified atom stereocenters. The molecule has 0 heterocycles. The van der Waals surface area contributed by atoms with Crippen LogP contribution in [-0.2, 0) is 11.2 Å². The summed E-state index contributed by atoms with van der Waals surface area (Å²) in [6.07, 6.45) is 19.0. The highest BCUT2D eigenvalue weighted by atomic mass is 16.1. The van der Waals surface area contributed by atoms with Crippen molar-refractivity contribution in [2.24, 2.45) is 0 Å². The molecule has 1 heteroatoms. The fourth-order valence-corrected chi connectivity index (χ4v) is 3.99. The monoisotopic (exact) mass is 352 g/mol. The van der Waals surface area contributed by atoms with Crippen LogP contribution < -0.4 is 0 Å². The third kappa shape index (κ3) is 6.27. The Morgan fingerprint density at radius 2 is 1.54 bits per heavy atom. The molecule has 0 amide bonds. The number of allylic oxidation sites excluding steroid dienone is 4. The molecule has 1 aliphatic carbocycles. The van der Waals surface area contributed by atoms with Gasteiger partial charge in [0.05, 0.1) is 0 Å². The SMILES string of the molecule is C/C=C/C(=O)C1=C(CCCCCCCCCCCC)c2ccccc2C1. The molecule has 0 spiro atoms. The highest BCUT2D eigenvalue weighted by Gasteiger charge is 2.23. The van der Waals surface area contributed by atoms with Crippen LogP contribution in [0.3, 0.4) is 0 Å². The van der Waals surface area contributed by atoms with E-state index < -0.39 is 0 Å². The topological polar surface area (TPSA) is 17.1 Å². The van der Waals surface area contributed by atoms with E-state index in [-0.39, 0.29) is 5.78 Å². The second kappa shape index (κ2) is 11.9. The van der Waals surface area contributed by atoms with Gasteiger partial charge in [0.25, 0.3) is 0 Å². The molecule has 0 N–H and O–H groups in total. The maximum Gasteiger partial charge on any atom is 0.182 e. The average Bonchev–Trinajstić information content (AvgIpc) is 3.02. The summed E-state index contributed by atoms with van der Waals surface area (Å²) in [6, 6.07) is 8.54. The van der Waals surface area contributed by atoms with Gasteiger partial charge in [-0.3, -0.25) is 4.79 Å². The Hall–Kier alpha value is -1.63. The Balaban J connectivity index is 1.77. The van der Waals surface area contributed by atoms with E-state index in [1.54, 1.807) is 6.08 Å². The van der Waals surface area contributed by atoms with Crippen molar-refractivity contribution in [1.82, 2.24) is 0 Å². The predicted molar refractivity (Wildman–Crippen MR) is 113 cm³/mol. The number of carbonyl (C=O) groups is 1. The molecule has 1 aromatic carbocycles. The fraction of sp³-hybridized carbons (Fsp3) is 0.560. The second-order valence-electron chi connectivity index (χ2n) is 7.59. The summed E-state index contributed by atoms with van der Waals surface area (Å²) >= 11 is 0. The molecule has 0 saturated carbocycles. The Bertz CT molecular complexity index is 621. The molecule has 1 aliphatic rings. The number of hydrogen-bond acceptors (Lipinski definition) is 1. The Morgan fingerprint density at radius 1 is 0.923 bits per heavy atom. The van der Waals surface area contributed by atoms with Crippen molar-refractivity contribution in [3.05, 3.63) is 53.1 Å². The first kappa shape index (κ1) is 20.7. The largest absolute Gasteiger partial charge is 0.290 e. The smallest absolute Gasteiger partial charge is 0.182 e. The third-order valence-corrected chi connectivity index (χ3v) is 5.47. The van der Waals surface area contributed by atoms with Crippen LogP contribution in [0.2, 0.25) is 0 Å². The molecule has 0 radical (unpaired) electrons. The lowest BCUT2D eigenvalue weighted by Crippen LogP contribution is -2.00. The lowest BCUT2D eigenvalue weighted by atomic mass is 9.97. The van der Waals surface area contributed by atoms with Gasteiger partial charge in [-0.2, -0.15) is 0 Å². The Labute approximate surface area is 160 Å². The van der Waals surface area contributed by atoms with E-state index in [2.05, 4.69) is 31.2 Å². The summed E-state index contributed by atoms with van der Waals surface area (Å²) < 4.78 is 0. The molecule has 0 aromatic heterocycles. The van der Waals surface area contributed by atoms with Gasteiger partial charge in [-0.05, 0) is 42.5 Å². The van der Waals surface area contributed by atoms with E-state index >= 15 is 0 Å². The Morgan fingerprint density at radius 3 is 2.19 bits per heavy atom. The quantitative estimate of drug-likeness (QED) is 0.266. The highest BCUT2D eigenvalue weighted by Crippen LogP contribution is 2.36. The van der Waals surface area contributed by atoms with Gasteiger partial charge < -0.3 is 0 Å². The summed E-state index contributed by atoms with van der Waals surface area (Å²) in [7, 11) is 0. The van der Waals surface area contributed by atoms with Crippen LogP contribution in [-0.4, -0.2) is 5.78 Å². The predicted octanol–water partition coefficient (Wildman–Crippen LogP) is 7.45. The van der Waals surface area contributed by atoms with Crippen molar-refractivity contribution in [3.8, 4) is 0 Å². The number of rotatable bonds is 13. The molecule has 0 fully saturated rings. The number of carbonyl (C=O) groups excluding carboxylic acids is 1. The first-order valence-corrected chi connectivity index (χ1v) is 10.7. The molecule has 1 aromatic rings. The van der Waals surface area contributed by atoms with E-state index in [0.29, 0.717) is 0 Å². The molecule has 2 rings (SSSR count). The van der Waals surface area contributed by atoms with Crippen LogP contribution >= 0.6 is 0 Å². The van der Waals surface area contributed by atoms with Crippen LogP contribution in [0.1, 0.15) is 95.6 Å². The van der Waals surface area contributed by atoms with Crippen LogP contribution in [0, 0.1) is 0 Å². The van der Waals surface area contributed by atoms with Gasteiger partial charge in [0, 0.05) is 12.0 Å². The molecule has 0 saturated heterocycles. The van der Waals surface area contributed by atoms with Crippen LogP contribution in [0.4, 0.5) is 0 Å². The molecule has 0 aliphatic heterocycles. The van der Waals surface area contributed by atoms with Crippen molar-refractivity contribution >= 4 is 11.4 Å². The van der Waals surface area contributed by atoms with Crippen molar-refractivity contribution in [2.45, 2.75) is 90.9 Å². The van der Waals surface area contributed by atoms with E-state index in [0.717, 1.165) is 18.4 Å². The first-order chi connectivity index (χ1) is 12.8. The fourth-order valence-electron chi connectivity index (χ4n) is 3.99. The van der Waals surface area contributed by atoms with Crippen molar-refractivity contribution in [1.29, 1.82) is 0 Å². The van der Waals surface area contributed by atoms with Crippen LogP contribution in [0.25, 0.3) is 5.57 Å². The normalized spacial score (nSPS) is 13.6. The number of hydrogen-bond donors (Lipinski definition) is 0. The van der Waals surface area contributed by atoms with E-state index in [9.17, 15) is 4.79 Å². The summed E-state index contributed by atoms with van der Waals surface area (Å²) in [6.45, 7) is 4.19. The van der Waals surface area contributed by atoms with Gasteiger partial charge in [-0.1, -0.05) is 95.1 Å². The van der Waals surface area contributed by atoms with Crippen molar-refractivity contribution in [3.63, 3.8) is 0 Å². The third-order valence-electron chi connectivity index (χ3n) is 5.47. The minimum atomic E-state index is 0.200. The Kier molecular flexibility index (Phi) is 9.45. The molecular weight excluding hydrogens is 316 g/mol. The summed E-state index contributed by atoms with van der Waals surface area (Å²) in [5.41, 5.74) is 4.97. The van der Waals surface area contributed by atoms with Gasteiger partial charge in [-0.25, -0.2) is 0 Å². The summed E-state index contributed by atoms with van der Waals surface area (Å²) in [5.74, 6) is 0.200. The molecule has 26 heavy (non-hydrogen) atoms. The lowest BCUT2D eigenvalue weighted by molar-refractivity contribution is -0.111. The zero-order valence-corrected chi connectivity index (χ0v) is 16.9. The zero-order valence-electron chi connectivity index (χ0n) is 16.9. The minimum Gasteiger partial charge on any atom is -0.290 e. The van der Waals surface area contributed by atoms with Gasteiger partial charge in [-0.15, -0.1) is 0 Å². The second-order valence-corrected chi connectivity index (χ2v) is 7.59. The molecule has 0 bridgehead atoms. The van der Waals surface area contributed by atoms with E-state index in [1.165, 1.54) is 80.9 Å². The number of unbranched alkanes of at least 4 members (excludes halogenated alkanes) is 9. The van der Waals surface area contributed by atoms with E-state index in [4.69, 9.17) is 0 Å². The van der Waals surface area contributed by atoms with Gasteiger partial charge in [0.1, 0.15) is 0 Å². The van der Waals surface area contributed by atoms with Crippen molar-refractivity contribution in [2.75, 3.05) is 0 Å². The first-order valence-electron chi connectivity index (χ1n) is 10.7. The molecule has 0 atom stereocenters. The van der Waals surface area contributed by atoms with Gasteiger partial charge in [0.15, 0.2) is 5.78 Å². The van der Waals surface area contributed by atoms with Crippen LogP contribution in [0.5, 0.6) is 0 Å². The summed E-state index contributed by atoms with van der Waals surface area (Å²) in [4.78, 5) is 12.5. The van der Waals surface area contributed by atoms with Crippen molar-refractivity contribution < 1.29 is 4.79 Å². The molecule has 1 nitrogen and oxygen atoms in total. The maximum atomic E-state index is 12.5. The standard InChI is InChI=1S/C25H36O/c1-3-5-6-7-8-9-10-11-12-13-19-23-22-18-15-14-17-21(22)20-24(23)25(26)16-4-2/h4,14-18H,3,5-13,19-20H2,1-2H3/b16-4+. The molecule has 142 valence electrons. The zero-order chi connectivity index (χ0) is 18.6. The van der Waals surface area contributed by atoms with Crippen LogP contribution in [0.15, 0.2) is 42.0 Å². The number of fused-ring (bicyclic) bond motifs is 1. The van der Waals surface area contributed by atoms with Gasteiger partial charge in [0.2, 0.25) is 0 Å². The summed E-state index contributed by atoms with van der Waals surface area (Å²) in [5, 5.41) is 0. The molecular formula is C25H36O. The average molecular weight is 353 g/mol. The maximum absolute atomic E-state index is 12.5. The lowest BCUT2D eigenvalue weighted by Gasteiger charge is -2.08. The highest BCUT2D eigenvalue weighted by molar-refractivity contribution is 6.11. The minimum absolute atomic E-state index is 0.200. The number of ketones is 1.